The average molecular weight is 315 g/mol. The Morgan fingerprint density at radius 1 is 1.32 bits per heavy atom. The van der Waals surface area contributed by atoms with Crippen LogP contribution in [0.3, 0.4) is 0 Å². The number of aromatic nitrogens is 4. The molecule has 4 atom stereocenters. The molecule has 0 aromatic carbocycles. The quantitative estimate of drug-likeness (QED) is 0.303. The summed E-state index contributed by atoms with van der Waals surface area (Å²) in [6.45, 7) is -0.596. The highest BCUT2D eigenvalue weighted by Crippen LogP contribution is 2.30. The van der Waals surface area contributed by atoms with Gasteiger partial charge in [-0.2, -0.15) is 4.98 Å². The molecule has 7 N–H and O–H groups in total. The number of aliphatic hydroxyl groups excluding tert-OH is 3. The van der Waals surface area contributed by atoms with E-state index in [-0.39, 0.29) is 15.9 Å². The molecule has 22 heavy (non-hydrogen) atoms. The van der Waals surface area contributed by atoms with Crippen molar-refractivity contribution >= 4 is 17.1 Å². The molecule has 2 aromatic heterocycles. The number of hydrogen-bond acceptors (Lipinski definition) is 9. The van der Waals surface area contributed by atoms with Crippen molar-refractivity contribution in [1.82, 2.24) is 19.3 Å². The first-order valence-corrected chi connectivity index (χ1v) is 6.21. The number of hydrogen-bond donors (Lipinski definition) is 6. The van der Waals surface area contributed by atoms with E-state index in [9.17, 15) is 25.0 Å². The third-order valence-corrected chi connectivity index (χ3v) is 3.52. The van der Waals surface area contributed by atoms with Gasteiger partial charge in [0, 0.05) is 0 Å². The van der Waals surface area contributed by atoms with Gasteiger partial charge in [-0.05, 0) is 0 Å². The first-order valence-electron chi connectivity index (χ1n) is 6.21. The van der Waals surface area contributed by atoms with Crippen molar-refractivity contribution in [3.05, 3.63) is 20.8 Å². The smallest absolute Gasteiger partial charge is 0.330 e. The minimum atomic E-state index is -1.57. The lowest BCUT2D eigenvalue weighted by atomic mass is 10.1. The Bertz CT molecular complexity index is 839. The number of nitrogens with zero attached hydrogens (tertiary/aromatic N) is 3. The maximum absolute atomic E-state index is 12.0. The minimum Gasteiger partial charge on any atom is -0.423 e. The van der Waals surface area contributed by atoms with E-state index in [1.807, 2.05) is 0 Å². The predicted molar refractivity (Wildman–Crippen MR) is 69.2 cm³/mol. The fraction of sp³-hybridized carbons (Fsp3) is 0.500. The van der Waals surface area contributed by atoms with E-state index >= 15 is 0 Å². The van der Waals surface area contributed by atoms with Crippen LogP contribution < -0.4 is 17.0 Å². The zero-order valence-electron chi connectivity index (χ0n) is 10.9. The summed E-state index contributed by atoms with van der Waals surface area (Å²) < 4.78 is 6.21. The van der Waals surface area contributed by atoms with E-state index in [0.717, 1.165) is 4.57 Å². The third kappa shape index (κ3) is 1.82. The molecule has 2 aromatic rings. The minimum absolute atomic E-state index is 0.281. The van der Waals surface area contributed by atoms with Crippen molar-refractivity contribution in [2.45, 2.75) is 24.5 Å². The third-order valence-electron chi connectivity index (χ3n) is 3.52. The van der Waals surface area contributed by atoms with Crippen LogP contribution in [0.5, 0.6) is 0 Å². The summed E-state index contributed by atoms with van der Waals surface area (Å²) in [5.41, 5.74) is 2.85. The molecular weight excluding hydrogens is 302 g/mol. The number of nitrogen functional groups attached to an aromatic ring is 1. The SMILES string of the molecule is Nc1nc(=O)c2[nH]c(=O)n(C3OC(CO)C(O)C3O)c2n1O. The topological polar surface area (TPSA) is 189 Å². The number of nitrogens with two attached hydrogens (primary N) is 1. The van der Waals surface area contributed by atoms with Crippen LogP contribution in [0.4, 0.5) is 5.95 Å². The van der Waals surface area contributed by atoms with Gasteiger partial charge in [0.05, 0.1) is 6.61 Å². The van der Waals surface area contributed by atoms with E-state index in [0.29, 0.717) is 0 Å². The Kier molecular flexibility index (Phi) is 3.17. The summed E-state index contributed by atoms with van der Waals surface area (Å²) in [7, 11) is 0. The largest absolute Gasteiger partial charge is 0.423 e. The van der Waals surface area contributed by atoms with Gasteiger partial charge >= 0.3 is 11.2 Å². The van der Waals surface area contributed by atoms with E-state index in [1.54, 1.807) is 0 Å². The van der Waals surface area contributed by atoms with Crippen molar-refractivity contribution in [1.29, 1.82) is 0 Å². The summed E-state index contributed by atoms with van der Waals surface area (Å²) in [4.78, 5) is 29.2. The van der Waals surface area contributed by atoms with Gasteiger partial charge < -0.3 is 31.0 Å². The summed E-state index contributed by atoms with van der Waals surface area (Å²) in [6, 6.07) is 0. The van der Waals surface area contributed by atoms with Crippen molar-refractivity contribution in [3.63, 3.8) is 0 Å². The van der Waals surface area contributed by atoms with Crippen molar-refractivity contribution in [2.75, 3.05) is 12.3 Å². The second-order valence-corrected chi connectivity index (χ2v) is 4.81. The normalized spacial score (nSPS) is 28.5. The van der Waals surface area contributed by atoms with Gasteiger partial charge in [0.25, 0.3) is 0 Å². The van der Waals surface area contributed by atoms with E-state index < -0.39 is 48.3 Å². The first-order chi connectivity index (χ1) is 10.4. The average Bonchev–Trinajstić information content (AvgIpc) is 2.96. The van der Waals surface area contributed by atoms with Crippen LogP contribution in [-0.2, 0) is 4.74 Å². The molecule has 0 amide bonds. The molecule has 1 aliphatic rings. The molecule has 0 aliphatic carbocycles. The lowest BCUT2D eigenvalue weighted by Gasteiger charge is -2.16. The molecule has 0 saturated carbocycles. The summed E-state index contributed by atoms with van der Waals surface area (Å²) >= 11 is 0. The molecule has 0 bridgehead atoms. The number of ether oxygens (including phenoxy) is 1. The second-order valence-electron chi connectivity index (χ2n) is 4.81. The van der Waals surface area contributed by atoms with Gasteiger partial charge in [0.15, 0.2) is 17.4 Å². The number of anilines is 1. The van der Waals surface area contributed by atoms with Gasteiger partial charge in [0.1, 0.15) is 18.3 Å². The van der Waals surface area contributed by atoms with Crippen LogP contribution in [0.2, 0.25) is 0 Å². The van der Waals surface area contributed by atoms with E-state index in [2.05, 4.69) is 9.97 Å². The highest BCUT2D eigenvalue weighted by Gasteiger charge is 2.45. The van der Waals surface area contributed by atoms with E-state index in [4.69, 9.17) is 15.6 Å². The monoisotopic (exact) mass is 315 g/mol. The highest BCUT2D eigenvalue weighted by molar-refractivity contribution is 5.71. The molecule has 12 heteroatoms. The van der Waals surface area contributed by atoms with Gasteiger partial charge in [-0.1, -0.05) is 0 Å². The predicted octanol–water partition coefficient (Wildman–Crippen LogP) is -3.68. The molecule has 3 heterocycles. The second kappa shape index (κ2) is 4.81. The number of H-pyrrole nitrogens is 1. The maximum atomic E-state index is 12.0. The van der Waals surface area contributed by atoms with Gasteiger partial charge in [-0.3, -0.25) is 9.78 Å². The summed E-state index contributed by atoms with van der Waals surface area (Å²) in [5, 5.41) is 38.7. The summed E-state index contributed by atoms with van der Waals surface area (Å²) in [6.07, 6.45) is -5.59. The van der Waals surface area contributed by atoms with Crippen LogP contribution in [0.15, 0.2) is 9.59 Å². The molecule has 1 saturated heterocycles. The zero-order valence-corrected chi connectivity index (χ0v) is 10.9. The number of aliphatic hydroxyl groups is 3. The molecule has 1 aliphatic heterocycles. The molecule has 0 spiro atoms. The van der Waals surface area contributed by atoms with Crippen molar-refractivity contribution < 1.29 is 25.3 Å². The number of fused-ring (bicyclic) bond motifs is 1. The highest BCUT2D eigenvalue weighted by atomic mass is 16.6. The van der Waals surface area contributed by atoms with Crippen LogP contribution in [0.1, 0.15) is 6.23 Å². The summed E-state index contributed by atoms with van der Waals surface area (Å²) in [5.74, 6) is -0.572. The Morgan fingerprint density at radius 2 is 2.00 bits per heavy atom. The fourth-order valence-corrected chi connectivity index (χ4v) is 2.44. The number of imidazole rings is 1. The lowest BCUT2D eigenvalue weighted by Crippen LogP contribution is -2.35. The standard InChI is InChI=1S/C10H13N5O7/c11-9-13-6(19)3-7(15(9)21)14(10(20)12-3)8-5(18)4(17)2(1-16)22-8/h2,4-5,8,16-18,21H,1H2,(H,12,20)(H2,11,13,19). The van der Waals surface area contributed by atoms with Gasteiger partial charge in [-0.25, -0.2) is 9.36 Å². The van der Waals surface area contributed by atoms with Crippen LogP contribution in [-0.4, -0.2) is 64.7 Å². The molecule has 1 fully saturated rings. The van der Waals surface area contributed by atoms with E-state index in [1.165, 1.54) is 0 Å². The lowest BCUT2D eigenvalue weighted by molar-refractivity contribution is -0.0534. The molecule has 120 valence electrons. The number of nitrogens with one attached hydrogen (secondary N) is 1. The number of aromatic amines is 1. The Balaban J connectivity index is 2.26. The fourth-order valence-electron chi connectivity index (χ4n) is 2.44. The molecule has 12 nitrogen and oxygen atoms in total. The molecular formula is C10H13N5O7. The first kappa shape index (κ1) is 14.5. The number of rotatable bonds is 2. The Morgan fingerprint density at radius 3 is 2.59 bits per heavy atom. The molecule has 0 radical (unpaired) electrons. The zero-order chi connectivity index (χ0) is 16.2. The van der Waals surface area contributed by atoms with Crippen molar-refractivity contribution in [3.8, 4) is 0 Å². The molecule has 4 unspecified atom stereocenters. The van der Waals surface area contributed by atoms with Crippen LogP contribution >= 0.6 is 0 Å². The van der Waals surface area contributed by atoms with Gasteiger partial charge in [0.2, 0.25) is 5.95 Å². The Labute approximate surface area is 120 Å². The van der Waals surface area contributed by atoms with Crippen LogP contribution in [0, 0.1) is 0 Å². The molecule has 3 rings (SSSR count). The van der Waals surface area contributed by atoms with Crippen molar-refractivity contribution in [2.24, 2.45) is 0 Å². The maximum Gasteiger partial charge on any atom is 0.330 e. The van der Waals surface area contributed by atoms with Gasteiger partial charge in [-0.15, -0.1) is 4.73 Å². The van der Waals surface area contributed by atoms with Crippen LogP contribution in [0.25, 0.3) is 11.2 Å². The Hall–Kier alpha value is -2.41.